The van der Waals surface area contributed by atoms with E-state index in [0.717, 1.165) is 24.9 Å². The van der Waals surface area contributed by atoms with Gasteiger partial charge in [0.15, 0.2) is 0 Å². The van der Waals surface area contributed by atoms with Crippen LogP contribution in [0.3, 0.4) is 0 Å². The fraction of sp³-hybridized carbons (Fsp3) is 0.704. The van der Waals surface area contributed by atoms with Gasteiger partial charge in [0.25, 0.3) is 0 Å². The zero-order valence-electron chi connectivity index (χ0n) is 20.8. The molecular formula is C27H45NO4. The van der Waals surface area contributed by atoms with Crippen LogP contribution < -0.4 is 5.32 Å². The van der Waals surface area contributed by atoms with E-state index < -0.39 is 11.6 Å². The number of rotatable bonds is 17. The second-order valence-corrected chi connectivity index (χ2v) is 9.55. The number of hydrogen-bond donors (Lipinski definition) is 1. The van der Waals surface area contributed by atoms with Crippen LogP contribution in [0.1, 0.15) is 104 Å². The predicted octanol–water partition coefficient (Wildman–Crippen LogP) is 6.34. The molecule has 5 heteroatoms. The maximum absolute atomic E-state index is 12.7. The highest BCUT2D eigenvalue weighted by Gasteiger charge is 2.23. The molecule has 0 aromatic heterocycles. The molecule has 0 amide bonds. The number of carbonyl (C=O) groups is 2. The molecule has 1 aromatic rings. The lowest BCUT2D eigenvalue weighted by molar-refractivity contribution is -0.155. The minimum Gasteiger partial charge on any atom is -0.460 e. The van der Waals surface area contributed by atoms with Crippen LogP contribution in [-0.4, -0.2) is 30.1 Å². The van der Waals surface area contributed by atoms with E-state index in [2.05, 4.69) is 12.2 Å². The number of esters is 2. The molecule has 1 aromatic carbocycles. The summed E-state index contributed by atoms with van der Waals surface area (Å²) in [5.41, 5.74) is 0.426. The topological polar surface area (TPSA) is 64.6 Å². The third kappa shape index (κ3) is 15.0. The Balaban J connectivity index is 2.38. The van der Waals surface area contributed by atoms with Crippen LogP contribution >= 0.6 is 0 Å². The van der Waals surface area contributed by atoms with Crippen molar-refractivity contribution in [2.24, 2.45) is 0 Å². The van der Waals surface area contributed by atoms with E-state index >= 15 is 0 Å². The molecule has 5 nitrogen and oxygen atoms in total. The Hall–Kier alpha value is -1.88. The van der Waals surface area contributed by atoms with Crippen LogP contribution in [0.2, 0.25) is 0 Å². The van der Waals surface area contributed by atoms with E-state index in [9.17, 15) is 9.59 Å². The third-order valence-electron chi connectivity index (χ3n) is 5.24. The molecule has 1 atom stereocenters. The molecule has 0 aliphatic carbocycles. The van der Waals surface area contributed by atoms with E-state index in [0.29, 0.717) is 6.42 Å². The van der Waals surface area contributed by atoms with E-state index in [-0.39, 0.29) is 25.0 Å². The number of nitrogens with one attached hydrogen (secondary N) is 1. The Morgan fingerprint density at radius 2 is 1.50 bits per heavy atom. The van der Waals surface area contributed by atoms with Crippen LogP contribution in [0.4, 0.5) is 0 Å². The lowest BCUT2D eigenvalue weighted by Gasteiger charge is -2.21. The number of benzene rings is 1. The van der Waals surface area contributed by atoms with Crippen molar-refractivity contribution >= 4 is 11.9 Å². The first-order chi connectivity index (χ1) is 15.3. The summed E-state index contributed by atoms with van der Waals surface area (Å²) in [5, 5.41) is 3.31. The SMILES string of the molecule is CCCCCCCCCCCN[C@@H](CCC(=O)OC(C)(C)C)C(=O)OCc1ccccc1. The molecular weight excluding hydrogens is 402 g/mol. The van der Waals surface area contributed by atoms with Crippen LogP contribution in [0.25, 0.3) is 0 Å². The van der Waals surface area contributed by atoms with Gasteiger partial charge < -0.3 is 14.8 Å². The quantitative estimate of drug-likeness (QED) is 0.223. The van der Waals surface area contributed by atoms with Crippen LogP contribution in [0.15, 0.2) is 30.3 Å². The van der Waals surface area contributed by atoms with Gasteiger partial charge in [0.1, 0.15) is 18.2 Å². The molecule has 182 valence electrons. The lowest BCUT2D eigenvalue weighted by Crippen LogP contribution is -2.39. The van der Waals surface area contributed by atoms with Crippen molar-refractivity contribution in [1.29, 1.82) is 0 Å². The first-order valence-corrected chi connectivity index (χ1v) is 12.5. The molecule has 0 aliphatic heterocycles. The van der Waals surface area contributed by atoms with Crippen molar-refractivity contribution in [3.8, 4) is 0 Å². The molecule has 0 fully saturated rings. The van der Waals surface area contributed by atoms with E-state index in [4.69, 9.17) is 9.47 Å². The molecule has 0 heterocycles. The van der Waals surface area contributed by atoms with Gasteiger partial charge in [-0.3, -0.25) is 9.59 Å². The average molecular weight is 448 g/mol. The Labute approximate surface area is 195 Å². The van der Waals surface area contributed by atoms with E-state index in [1.807, 2.05) is 51.1 Å². The van der Waals surface area contributed by atoms with Crippen molar-refractivity contribution in [1.82, 2.24) is 5.32 Å². The predicted molar refractivity (Wildman–Crippen MR) is 130 cm³/mol. The molecule has 0 bridgehead atoms. The minimum atomic E-state index is -0.523. The van der Waals surface area contributed by atoms with E-state index in [1.54, 1.807) is 0 Å². The Bertz CT molecular complexity index is 624. The molecule has 1 rings (SSSR count). The monoisotopic (exact) mass is 447 g/mol. The number of carbonyl (C=O) groups excluding carboxylic acids is 2. The van der Waals surface area contributed by atoms with Crippen LogP contribution in [0, 0.1) is 0 Å². The van der Waals surface area contributed by atoms with Crippen molar-refractivity contribution in [2.75, 3.05) is 6.54 Å². The Morgan fingerprint density at radius 3 is 2.09 bits per heavy atom. The third-order valence-corrected chi connectivity index (χ3v) is 5.24. The zero-order valence-corrected chi connectivity index (χ0v) is 20.8. The van der Waals surface area contributed by atoms with Crippen LogP contribution in [-0.2, 0) is 25.7 Å². The summed E-state index contributed by atoms with van der Waals surface area (Å²) in [6.45, 7) is 8.76. The molecule has 0 saturated heterocycles. The first kappa shape index (κ1) is 28.2. The van der Waals surface area contributed by atoms with Gasteiger partial charge in [-0.2, -0.15) is 0 Å². The Morgan fingerprint density at radius 1 is 0.906 bits per heavy atom. The second kappa shape index (κ2) is 16.7. The fourth-order valence-corrected chi connectivity index (χ4v) is 3.50. The highest BCUT2D eigenvalue weighted by molar-refractivity contribution is 5.77. The fourth-order valence-electron chi connectivity index (χ4n) is 3.50. The van der Waals surface area contributed by atoms with Gasteiger partial charge in [-0.1, -0.05) is 88.6 Å². The normalized spacial score (nSPS) is 12.4. The number of ether oxygens (including phenoxy) is 2. The second-order valence-electron chi connectivity index (χ2n) is 9.55. The van der Waals surface area contributed by atoms with Gasteiger partial charge in [-0.15, -0.1) is 0 Å². The van der Waals surface area contributed by atoms with Crippen molar-refractivity contribution in [2.45, 2.75) is 117 Å². The first-order valence-electron chi connectivity index (χ1n) is 12.5. The maximum atomic E-state index is 12.7. The van der Waals surface area contributed by atoms with Gasteiger partial charge in [0.05, 0.1) is 0 Å². The number of unbranched alkanes of at least 4 members (excludes halogenated alkanes) is 8. The van der Waals surface area contributed by atoms with Crippen molar-refractivity contribution < 1.29 is 19.1 Å². The molecule has 0 spiro atoms. The summed E-state index contributed by atoms with van der Waals surface area (Å²) in [6.07, 6.45) is 11.9. The Kier molecular flexibility index (Phi) is 14.7. The lowest BCUT2D eigenvalue weighted by atomic mass is 10.1. The van der Waals surface area contributed by atoms with E-state index in [1.165, 1.54) is 44.9 Å². The maximum Gasteiger partial charge on any atom is 0.323 e. The molecule has 32 heavy (non-hydrogen) atoms. The van der Waals surface area contributed by atoms with Crippen molar-refractivity contribution in [3.05, 3.63) is 35.9 Å². The van der Waals surface area contributed by atoms with Gasteiger partial charge in [0.2, 0.25) is 0 Å². The van der Waals surface area contributed by atoms with Gasteiger partial charge in [0, 0.05) is 6.42 Å². The smallest absolute Gasteiger partial charge is 0.323 e. The van der Waals surface area contributed by atoms with Gasteiger partial charge >= 0.3 is 11.9 Å². The summed E-state index contributed by atoms with van der Waals surface area (Å²) >= 11 is 0. The molecule has 1 N–H and O–H groups in total. The standard InChI is InChI=1S/C27H45NO4/c1-5-6-7-8-9-10-11-12-16-21-28-24(19-20-25(29)32-27(2,3)4)26(30)31-22-23-17-14-13-15-18-23/h13-15,17-18,24,28H,5-12,16,19-22H2,1-4H3/t24-/m0/s1. The number of hydrogen-bond acceptors (Lipinski definition) is 5. The summed E-state index contributed by atoms with van der Waals surface area (Å²) < 4.78 is 10.9. The highest BCUT2D eigenvalue weighted by Crippen LogP contribution is 2.12. The van der Waals surface area contributed by atoms with Gasteiger partial charge in [-0.25, -0.2) is 0 Å². The summed E-state index contributed by atoms with van der Waals surface area (Å²) in [5.74, 6) is -0.600. The summed E-state index contributed by atoms with van der Waals surface area (Å²) in [6, 6.07) is 9.13. The zero-order chi connectivity index (χ0) is 23.7. The largest absolute Gasteiger partial charge is 0.460 e. The van der Waals surface area contributed by atoms with Crippen molar-refractivity contribution in [3.63, 3.8) is 0 Å². The van der Waals surface area contributed by atoms with Gasteiger partial charge in [-0.05, 0) is 45.7 Å². The van der Waals surface area contributed by atoms with Crippen LogP contribution in [0.5, 0.6) is 0 Å². The highest BCUT2D eigenvalue weighted by atomic mass is 16.6. The molecule has 0 radical (unpaired) electrons. The average Bonchev–Trinajstić information content (AvgIpc) is 2.75. The molecule has 0 unspecified atom stereocenters. The molecule has 0 aliphatic rings. The molecule has 0 saturated carbocycles. The summed E-state index contributed by atoms with van der Waals surface area (Å²) in [4.78, 5) is 24.8. The summed E-state index contributed by atoms with van der Waals surface area (Å²) in [7, 11) is 0. The minimum absolute atomic E-state index is 0.188.